The predicted molar refractivity (Wildman–Crippen MR) is 135 cm³/mol. The lowest BCUT2D eigenvalue weighted by molar-refractivity contribution is -0.142. The number of nitrogens with one attached hydrogen (secondary N) is 1. The minimum absolute atomic E-state index is 0.00400. The second-order valence-corrected chi connectivity index (χ2v) is 9.81. The lowest BCUT2D eigenvalue weighted by atomic mass is 10.2. The van der Waals surface area contributed by atoms with E-state index in [1.165, 1.54) is 37.6 Å². The normalized spacial score (nSPS) is 11.4. The summed E-state index contributed by atoms with van der Waals surface area (Å²) in [7, 11) is -2.72. The molecule has 0 saturated carbocycles. The van der Waals surface area contributed by atoms with Crippen LogP contribution in [0, 0.1) is 0 Å². The number of hydrazone groups is 1. The molecule has 0 radical (unpaired) electrons. The van der Waals surface area contributed by atoms with Crippen LogP contribution in [0.5, 0.6) is 5.75 Å². The van der Waals surface area contributed by atoms with E-state index in [4.69, 9.17) is 16.3 Å². The van der Waals surface area contributed by atoms with Crippen LogP contribution < -0.4 is 10.2 Å². The maximum Gasteiger partial charge on any atom is 0.343 e. The molecule has 0 aliphatic rings. The number of hydrogen-bond acceptors (Lipinski definition) is 7. The molecule has 0 aromatic heterocycles. The fourth-order valence-corrected chi connectivity index (χ4v) is 4.50. The topological polar surface area (TPSA) is 114 Å². The molecule has 0 fully saturated rings. The molecule has 0 heterocycles. The molecule has 1 N–H and O–H groups in total. The first-order valence-electron chi connectivity index (χ1n) is 10.7. The number of amides is 1. The van der Waals surface area contributed by atoms with Gasteiger partial charge in [-0.1, -0.05) is 41.9 Å². The standard InChI is InChI=1S/C25H24ClN3O6S/c1-34-25(31)18-35-22-11-7-19(8-12-22)15-27-28-24(30)17-29(16-20-5-3-2-4-6-20)36(32,33)23-13-9-21(26)10-14-23/h2-15H,16-18H2,1H3,(H,28,30)/b27-15+. The second-order valence-electron chi connectivity index (χ2n) is 7.44. The number of benzene rings is 3. The van der Waals surface area contributed by atoms with Crippen LogP contribution >= 0.6 is 11.6 Å². The largest absolute Gasteiger partial charge is 0.482 e. The number of carbonyl (C=O) groups is 2. The summed E-state index contributed by atoms with van der Waals surface area (Å²) in [5.74, 6) is -0.647. The van der Waals surface area contributed by atoms with Gasteiger partial charge in [0.25, 0.3) is 5.91 Å². The summed E-state index contributed by atoms with van der Waals surface area (Å²) in [6.07, 6.45) is 1.40. The zero-order valence-electron chi connectivity index (χ0n) is 19.3. The molecule has 3 rings (SSSR count). The third kappa shape index (κ3) is 7.91. The van der Waals surface area contributed by atoms with Gasteiger partial charge in [0, 0.05) is 11.6 Å². The first kappa shape index (κ1) is 26.9. The lowest BCUT2D eigenvalue weighted by Crippen LogP contribution is -2.39. The van der Waals surface area contributed by atoms with E-state index in [0.717, 1.165) is 9.87 Å². The molecule has 36 heavy (non-hydrogen) atoms. The summed E-state index contributed by atoms with van der Waals surface area (Å²) in [4.78, 5) is 23.7. The summed E-state index contributed by atoms with van der Waals surface area (Å²) >= 11 is 5.89. The van der Waals surface area contributed by atoms with E-state index < -0.39 is 28.4 Å². The van der Waals surface area contributed by atoms with Crippen LogP contribution in [-0.2, 0) is 30.9 Å². The Morgan fingerprint density at radius 1 is 1.00 bits per heavy atom. The van der Waals surface area contributed by atoms with Crippen molar-refractivity contribution in [2.75, 3.05) is 20.3 Å². The highest BCUT2D eigenvalue weighted by Crippen LogP contribution is 2.20. The highest BCUT2D eigenvalue weighted by molar-refractivity contribution is 7.89. The molecule has 1 amide bonds. The first-order chi connectivity index (χ1) is 17.3. The molecular weight excluding hydrogens is 506 g/mol. The number of sulfonamides is 1. The van der Waals surface area contributed by atoms with Crippen LogP contribution in [0.4, 0.5) is 0 Å². The average Bonchev–Trinajstić information content (AvgIpc) is 2.88. The van der Waals surface area contributed by atoms with Crippen molar-refractivity contribution in [3.63, 3.8) is 0 Å². The number of esters is 1. The molecular formula is C25H24ClN3O6S. The van der Waals surface area contributed by atoms with Crippen LogP contribution in [0.1, 0.15) is 11.1 Å². The monoisotopic (exact) mass is 529 g/mol. The van der Waals surface area contributed by atoms with Gasteiger partial charge in [0.15, 0.2) is 6.61 Å². The molecule has 188 valence electrons. The number of ether oxygens (including phenoxy) is 2. The summed E-state index contributed by atoms with van der Waals surface area (Å²) in [5.41, 5.74) is 3.72. The molecule has 0 spiro atoms. The fraction of sp³-hybridized carbons (Fsp3) is 0.160. The maximum atomic E-state index is 13.2. The van der Waals surface area contributed by atoms with E-state index in [1.807, 2.05) is 6.07 Å². The Kier molecular flexibility index (Phi) is 9.57. The fourth-order valence-electron chi connectivity index (χ4n) is 2.99. The molecule has 3 aromatic rings. The van der Waals surface area contributed by atoms with E-state index >= 15 is 0 Å². The Morgan fingerprint density at radius 2 is 1.67 bits per heavy atom. The van der Waals surface area contributed by atoms with Crippen molar-refractivity contribution in [3.05, 3.63) is 95.0 Å². The molecule has 11 heteroatoms. The highest BCUT2D eigenvalue weighted by Gasteiger charge is 2.27. The Balaban J connectivity index is 1.66. The molecule has 9 nitrogen and oxygen atoms in total. The van der Waals surface area contributed by atoms with E-state index in [-0.39, 0.29) is 18.0 Å². The highest BCUT2D eigenvalue weighted by atomic mass is 35.5. The van der Waals surface area contributed by atoms with Crippen molar-refractivity contribution >= 4 is 39.7 Å². The molecule has 0 bridgehead atoms. The Bertz CT molecular complexity index is 1300. The van der Waals surface area contributed by atoms with Gasteiger partial charge in [-0.05, 0) is 59.7 Å². The van der Waals surface area contributed by atoms with Crippen molar-refractivity contribution in [2.24, 2.45) is 5.10 Å². The number of carbonyl (C=O) groups excluding carboxylic acids is 2. The van der Waals surface area contributed by atoms with Crippen molar-refractivity contribution in [2.45, 2.75) is 11.4 Å². The third-order valence-electron chi connectivity index (χ3n) is 4.84. The van der Waals surface area contributed by atoms with Crippen molar-refractivity contribution in [1.29, 1.82) is 0 Å². The van der Waals surface area contributed by atoms with Crippen LogP contribution in [0.2, 0.25) is 5.02 Å². The van der Waals surface area contributed by atoms with Crippen LogP contribution in [-0.4, -0.2) is 51.1 Å². The number of rotatable bonds is 11. The van der Waals surface area contributed by atoms with Crippen molar-refractivity contribution in [3.8, 4) is 5.75 Å². The van der Waals surface area contributed by atoms with Gasteiger partial charge in [-0.2, -0.15) is 9.41 Å². The van der Waals surface area contributed by atoms with E-state index in [1.54, 1.807) is 48.5 Å². The van der Waals surface area contributed by atoms with E-state index in [9.17, 15) is 18.0 Å². The molecule has 0 aliphatic carbocycles. The van der Waals surface area contributed by atoms with E-state index in [2.05, 4.69) is 15.3 Å². The molecule has 3 aromatic carbocycles. The lowest BCUT2D eigenvalue weighted by Gasteiger charge is -2.21. The van der Waals surface area contributed by atoms with Crippen LogP contribution in [0.25, 0.3) is 0 Å². The van der Waals surface area contributed by atoms with E-state index in [0.29, 0.717) is 16.3 Å². The zero-order valence-corrected chi connectivity index (χ0v) is 20.9. The van der Waals surface area contributed by atoms with Crippen molar-refractivity contribution < 1.29 is 27.5 Å². The van der Waals surface area contributed by atoms with Crippen LogP contribution in [0.3, 0.4) is 0 Å². The SMILES string of the molecule is COC(=O)COc1ccc(/C=N/NC(=O)CN(Cc2ccccc2)S(=O)(=O)c2ccc(Cl)cc2)cc1. The smallest absolute Gasteiger partial charge is 0.343 e. The van der Waals surface area contributed by atoms with Gasteiger partial charge in [0.1, 0.15) is 5.75 Å². The first-order valence-corrected chi connectivity index (χ1v) is 12.5. The zero-order chi connectivity index (χ0) is 26.0. The van der Waals surface area contributed by atoms with Crippen LogP contribution in [0.15, 0.2) is 88.9 Å². The van der Waals surface area contributed by atoms with Gasteiger partial charge in [-0.25, -0.2) is 18.6 Å². The quantitative estimate of drug-likeness (QED) is 0.232. The summed E-state index contributed by atoms with van der Waals surface area (Å²) < 4.78 is 37.3. The number of halogens is 1. The Morgan fingerprint density at radius 3 is 2.31 bits per heavy atom. The third-order valence-corrected chi connectivity index (χ3v) is 6.90. The second kappa shape index (κ2) is 12.8. The summed E-state index contributed by atoms with van der Waals surface area (Å²) in [6.45, 7) is -0.661. The van der Waals surface area contributed by atoms with Gasteiger partial charge in [0.05, 0.1) is 24.8 Å². The van der Waals surface area contributed by atoms with Gasteiger partial charge < -0.3 is 9.47 Å². The molecule has 0 aliphatic heterocycles. The van der Waals surface area contributed by atoms with Gasteiger partial charge in [-0.3, -0.25) is 4.79 Å². The minimum Gasteiger partial charge on any atom is -0.482 e. The number of hydrogen-bond donors (Lipinski definition) is 1. The molecule has 0 atom stereocenters. The maximum absolute atomic E-state index is 13.2. The number of methoxy groups -OCH3 is 1. The Labute approximate surface area is 214 Å². The average molecular weight is 530 g/mol. The van der Waals surface area contributed by atoms with Gasteiger partial charge in [-0.15, -0.1) is 0 Å². The summed E-state index contributed by atoms with van der Waals surface area (Å²) in [5, 5.41) is 4.31. The molecule has 0 unspecified atom stereocenters. The number of nitrogens with zero attached hydrogens (tertiary/aromatic N) is 2. The Hall–Kier alpha value is -3.73. The van der Waals surface area contributed by atoms with Gasteiger partial charge >= 0.3 is 5.97 Å². The predicted octanol–water partition coefficient (Wildman–Crippen LogP) is 3.23. The van der Waals surface area contributed by atoms with Crippen molar-refractivity contribution in [1.82, 2.24) is 9.73 Å². The van der Waals surface area contributed by atoms with Gasteiger partial charge in [0.2, 0.25) is 10.0 Å². The molecule has 0 saturated heterocycles. The minimum atomic E-state index is -3.99. The summed E-state index contributed by atoms with van der Waals surface area (Å²) in [6, 6.07) is 21.3.